The molecule has 2 heteroatoms. The van der Waals surface area contributed by atoms with Crippen LogP contribution in [0.15, 0.2) is 18.2 Å². The maximum Gasteiger partial charge on any atom is 0.251 e. The zero-order valence-electron chi connectivity index (χ0n) is 8.35. The van der Waals surface area contributed by atoms with E-state index in [4.69, 9.17) is 0 Å². The third-order valence-electron chi connectivity index (χ3n) is 1.95. The van der Waals surface area contributed by atoms with Gasteiger partial charge < -0.3 is 5.32 Å². The molecule has 70 valence electrons. The minimum Gasteiger partial charge on any atom is -0.348 e. The van der Waals surface area contributed by atoms with Crippen LogP contribution >= 0.6 is 0 Å². The van der Waals surface area contributed by atoms with Crippen LogP contribution in [0.1, 0.15) is 35.3 Å². The van der Waals surface area contributed by atoms with Gasteiger partial charge in [-0.15, -0.1) is 0 Å². The quantitative estimate of drug-likeness (QED) is 0.647. The lowest BCUT2D eigenvalue weighted by Crippen LogP contribution is -2.12. The molecule has 1 aromatic rings. The highest BCUT2D eigenvalue weighted by Crippen LogP contribution is 2.16. The van der Waals surface area contributed by atoms with Gasteiger partial charge in [0.05, 0.1) is 0 Å². The molecule has 1 aromatic carbocycles. The number of fused-ring (bicyclic) bond motifs is 1. The summed E-state index contributed by atoms with van der Waals surface area (Å²) in [6.45, 7) is 6.68. The van der Waals surface area contributed by atoms with Gasteiger partial charge in [-0.05, 0) is 18.6 Å². The fraction of sp³-hybridized carbons (Fsp3) is 0.364. The van der Waals surface area contributed by atoms with Gasteiger partial charge >= 0.3 is 0 Å². The first-order valence-corrected chi connectivity index (χ1v) is 4.65. The molecule has 1 amide bonds. The standard InChI is InChI=1S/C9H9NO.C2H6/c1-6-2-3-7-5-10-9(11)8(7)4-6;1-2/h2-4H,5H2,1H3,(H,10,11);1-2H3. The van der Waals surface area contributed by atoms with E-state index >= 15 is 0 Å². The van der Waals surface area contributed by atoms with E-state index in [2.05, 4.69) is 5.32 Å². The van der Waals surface area contributed by atoms with Gasteiger partial charge in [-0.2, -0.15) is 0 Å². The van der Waals surface area contributed by atoms with Crippen molar-refractivity contribution in [3.8, 4) is 0 Å². The second-order valence-corrected chi connectivity index (χ2v) is 2.84. The summed E-state index contributed by atoms with van der Waals surface area (Å²) in [5, 5.41) is 2.77. The summed E-state index contributed by atoms with van der Waals surface area (Å²) in [4.78, 5) is 11.1. The molecule has 0 saturated heterocycles. The Hall–Kier alpha value is -1.31. The van der Waals surface area contributed by atoms with Gasteiger partial charge in [0.25, 0.3) is 5.91 Å². The van der Waals surface area contributed by atoms with Crippen LogP contribution in [0.2, 0.25) is 0 Å². The summed E-state index contributed by atoms with van der Waals surface area (Å²) < 4.78 is 0. The first-order valence-electron chi connectivity index (χ1n) is 4.65. The Morgan fingerprint density at radius 3 is 2.69 bits per heavy atom. The summed E-state index contributed by atoms with van der Waals surface area (Å²) in [5.41, 5.74) is 3.09. The van der Waals surface area contributed by atoms with Gasteiger partial charge in [-0.25, -0.2) is 0 Å². The summed E-state index contributed by atoms with van der Waals surface area (Å²) in [6.07, 6.45) is 0. The Morgan fingerprint density at radius 2 is 2.00 bits per heavy atom. The molecule has 1 N–H and O–H groups in total. The lowest BCUT2D eigenvalue weighted by molar-refractivity contribution is 0.0965. The topological polar surface area (TPSA) is 29.1 Å². The van der Waals surface area contributed by atoms with Crippen molar-refractivity contribution < 1.29 is 4.79 Å². The number of amides is 1. The number of carbonyl (C=O) groups excluding carboxylic acids is 1. The Balaban J connectivity index is 0.000000396. The van der Waals surface area contributed by atoms with Gasteiger partial charge in [-0.1, -0.05) is 31.5 Å². The molecule has 0 fully saturated rings. The lowest BCUT2D eigenvalue weighted by Gasteiger charge is -1.95. The van der Waals surface area contributed by atoms with E-state index in [0.717, 1.165) is 16.7 Å². The molecule has 0 aromatic heterocycles. The zero-order valence-corrected chi connectivity index (χ0v) is 8.35. The number of hydrogen-bond donors (Lipinski definition) is 1. The smallest absolute Gasteiger partial charge is 0.251 e. The Bertz CT molecular complexity index is 318. The van der Waals surface area contributed by atoms with Crippen LogP contribution < -0.4 is 5.32 Å². The molecule has 0 bridgehead atoms. The average molecular weight is 177 g/mol. The third kappa shape index (κ3) is 1.89. The first-order chi connectivity index (χ1) is 6.27. The minimum atomic E-state index is 0.0590. The van der Waals surface area contributed by atoms with Crippen molar-refractivity contribution in [3.63, 3.8) is 0 Å². The number of hydrogen-bond acceptors (Lipinski definition) is 1. The van der Waals surface area contributed by atoms with E-state index in [1.165, 1.54) is 0 Å². The van der Waals surface area contributed by atoms with Crippen molar-refractivity contribution in [2.45, 2.75) is 27.3 Å². The van der Waals surface area contributed by atoms with Crippen LogP contribution in [-0.4, -0.2) is 5.91 Å². The molecular weight excluding hydrogens is 162 g/mol. The van der Waals surface area contributed by atoms with Crippen molar-refractivity contribution in [1.29, 1.82) is 0 Å². The van der Waals surface area contributed by atoms with E-state index in [1.54, 1.807) is 0 Å². The Morgan fingerprint density at radius 1 is 1.31 bits per heavy atom. The van der Waals surface area contributed by atoms with Gasteiger partial charge in [-0.3, -0.25) is 4.79 Å². The third-order valence-corrected chi connectivity index (χ3v) is 1.95. The van der Waals surface area contributed by atoms with Crippen molar-refractivity contribution in [1.82, 2.24) is 5.32 Å². The van der Waals surface area contributed by atoms with E-state index in [0.29, 0.717) is 6.54 Å². The van der Waals surface area contributed by atoms with E-state index in [9.17, 15) is 4.79 Å². The molecule has 0 aliphatic carbocycles. The fourth-order valence-corrected chi connectivity index (χ4v) is 1.33. The molecule has 2 nitrogen and oxygen atoms in total. The molecule has 1 aliphatic heterocycles. The van der Waals surface area contributed by atoms with Crippen molar-refractivity contribution in [2.24, 2.45) is 0 Å². The van der Waals surface area contributed by atoms with Crippen LogP contribution in [0.4, 0.5) is 0 Å². The van der Waals surface area contributed by atoms with E-state index < -0.39 is 0 Å². The minimum absolute atomic E-state index is 0.0590. The highest BCUT2D eigenvalue weighted by atomic mass is 16.1. The molecule has 2 rings (SSSR count). The Kier molecular flexibility index (Phi) is 3.07. The summed E-state index contributed by atoms with van der Waals surface area (Å²) in [6, 6.07) is 5.96. The molecule has 13 heavy (non-hydrogen) atoms. The monoisotopic (exact) mass is 177 g/mol. The SMILES string of the molecule is CC.Cc1ccc2c(c1)C(=O)NC2. The number of carbonyl (C=O) groups is 1. The van der Waals surface area contributed by atoms with Crippen LogP contribution in [0.3, 0.4) is 0 Å². The summed E-state index contributed by atoms with van der Waals surface area (Å²) in [5.74, 6) is 0.0590. The number of benzene rings is 1. The van der Waals surface area contributed by atoms with Crippen molar-refractivity contribution in [3.05, 3.63) is 34.9 Å². The molecule has 0 unspecified atom stereocenters. The predicted octanol–water partition coefficient (Wildman–Crippen LogP) is 2.26. The first kappa shape index (κ1) is 9.78. The van der Waals surface area contributed by atoms with Crippen LogP contribution in [-0.2, 0) is 6.54 Å². The normalized spacial score (nSPS) is 12.7. The number of nitrogens with one attached hydrogen (secondary N) is 1. The molecule has 0 atom stereocenters. The van der Waals surface area contributed by atoms with Gasteiger partial charge in [0.2, 0.25) is 0 Å². The largest absolute Gasteiger partial charge is 0.348 e. The van der Waals surface area contributed by atoms with E-state index in [1.807, 2.05) is 39.0 Å². The maximum absolute atomic E-state index is 11.1. The second kappa shape index (κ2) is 4.08. The molecular formula is C11H15NO. The number of aryl methyl sites for hydroxylation is 1. The molecule has 0 spiro atoms. The average Bonchev–Trinajstić information content (AvgIpc) is 2.52. The number of rotatable bonds is 0. The van der Waals surface area contributed by atoms with E-state index in [-0.39, 0.29) is 5.91 Å². The maximum atomic E-state index is 11.1. The predicted molar refractivity (Wildman–Crippen MR) is 53.7 cm³/mol. The van der Waals surface area contributed by atoms with Crippen LogP contribution in [0.5, 0.6) is 0 Å². The molecule has 0 saturated carbocycles. The lowest BCUT2D eigenvalue weighted by atomic mass is 10.1. The second-order valence-electron chi connectivity index (χ2n) is 2.84. The van der Waals surface area contributed by atoms with Gasteiger partial charge in [0.15, 0.2) is 0 Å². The molecule has 1 heterocycles. The summed E-state index contributed by atoms with van der Waals surface area (Å²) >= 11 is 0. The van der Waals surface area contributed by atoms with Crippen LogP contribution in [0.25, 0.3) is 0 Å². The van der Waals surface area contributed by atoms with Crippen LogP contribution in [0, 0.1) is 6.92 Å². The van der Waals surface area contributed by atoms with Gasteiger partial charge in [0, 0.05) is 12.1 Å². The Labute approximate surface area is 79.0 Å². The zero-order chi connectivity index (χ0) is 9.84. The fourth-order valence-electron chi connectivity index (χ4n) is 1.33. The van der Waals surface area contributed by atoms with Gasteiger partial charge in [0.1, 0.15) is 0 Å². The van der Waals surface area contributed by atoms with Crippen molar-refractivity contribution in [2.75, 3.05) is 0 Å². The van der Waals surface area contributed by atoms with Crippen molar-refractivity contribution >= 4 is 5.91 Å². The highest BCUT2D eigenvalue weighted by molar-refractivity contribution is 5.98. The molecule has 1 aliphatic rings. The highest BCUT2D eigenvalue weighted by Gasteiger charge is 2.17. The molecule has 0 radical (unpaired) electrons. The summed E-state index contributed by atoms with van der Waals surface area (Å²) in [7, 11) is 0.